The van der Waals surface area contributed by atoms with Crippen molar-refractivity contribution in [3.63, 3.8) is 0 Å². The molecule has 1 aromatic rings. The maximum Gasteiger partial charge on any atom is 0.255 e. The van der Waals surface area contributed by atoms with Gasteiger partial charge in [0.2, 0.25) is 0 Å². The highest BCUT2D eigenvalue weighted by atomic mass is 79.9. The number of nitrogens with zero attached hydrogens (tertiary/aromatic N) is 1. The molecule has 0 aliphatic carbocycles. The average Bonchev–Trinajstić information content (AvgIpc) is 2.15. The summed E-state index contributed by atoms with van der Waals surface area (Å²) >= 11 is 3.25. The van der Waals surface area contributed by atoms with Crippen molar-refractivity contribution < 1.29 is 8.78 Å². The van der Waals surface area contributed by atoms with Crippen LogP contribution in [0.4, 0.5) is 14.5 Å². The number of alkyl halides is 2. The van der Waals surface area contributed by atoms with E-state index in [1.807, 2.05) is 0 Å². The highest BCUT2D eigenvalue weighted by molar-refractivity contribution is 9.10. The lowest BCUT2D eigenvalue weighted by molar-refractivity contribution is 0.156. The lowest BCUT2D eigenvalue weighted by atomic mass is 10.1. The number of amidine groups is 1. The van der Waals surface area contributed by atoms with Crippen LogP contribution in [0.25, 0.3) is 0 Å². The minimum atomic E-state index is -2.43. The maximum atomic E-state index is 12.3. The van der Waals surface area contributed by atoms with Crippen LogP contribution in [0.5, 0.6) is 0 Å². The van der Waals surface area contributed by atoms with Gasteiger partial charge in [0, 0.05) is 17.2 Å². The molecule has 1 aromatic carbocycles. The van der Waals surface area contributed by atoms with Crippen LogP contribution in [-0.4, -0.2) is 25.9 Å². The minimum Gasteiger partial charge on any atom is -0.384 e. The molecule has 0 unspecified atom stereocenters. The quantitative estimate of drug-likeness (QED) is 0.661. The normalized spacial score (nSPS) is 10.6. The zero-order chi connectivity index (χ0) is 12.3. The van der Waals surface area contributed by atoms with Crippen molar-refractivity contribution in [1.29, 1.82) is 5.41 Å². The summed E-state index contributed by atoms with van der Waals surface area (Å²) < 4.78 is 25.2. The van der Waals surface area contributed by atoms with Crippen LogP contribution in [0, 0.1) is 5.41 Å². The summed E-state index contributed by atoms with van der Waals surface area (Å²) in [5.41, 5.74) is 6.37. The predicted octanol–water partition coefficient (Wildman–Crippen LogP) is 2.43. The van der Waals surface area contributed by atoms with Gasteiger partial charge in [0.1, 0.15) is 5.84 Å². The van der Waals surface area contributed by atoms with Crippen LogP contribution in [0.3, 0.4) is 0 Å². The molecule has 0 heterocycles. The summed E-state index contributed by atoms with van der Waals surface area (Å²) in [5, 5.41) is 7.43. The van der Waals surface area contributed by atoms with Gasteiger partial charge >= 0.3 is 0 Å². The molecule has 0 bridgehead atoms. The smallest absolute Gasteiger partial charge is 0.255 e. The fourth-order valence-corrected chi connectivity index (χ4v) is 1.97. The lowest BCUT2D eigenvalue weighted by Crippen LogP contribution is -2.27. The van der Waals surface area contributed by atoms with Crippen LogP contribution in [-0.2, 0) is 0 Å². The zero-order valence-corrected chi connectivity index (χ0v) is 10.3. The Morgan fingerprint density at radius 3 is 2.69 bits per heavy atom. The fraction of sp³-hybridized carbons (Fsp3) is 0.300. The monoisotopic (exact) mass is 291 g/mol. The lowest BCUT2D eigenvalue weighted by Gasteiger charge is -2.22. The molecule has 0 aliphatic rings. The molecule has 6 heteroatoms. The first-order chi connectivity index (χ1) is 7.43. The van der Waals surface area contributed by atoms with Gasteiger partial charge in [-0.3, -0.25) is 5.41 Å². The second-order valence-electron chi connectivity index (χ2n) is 3.32. The zero-order valence-electron chi connectivity index (χ0n) is 8.67. The molecule has 0 aromatic heterocycles. The molecule has 3 N–H and O–H groups in total. The molecule has 0 spiro atoms. The molecule has 0 aliphatic heterocycles. The summed E-state index contributed by atoms with van der Waals surface area (Å²) in [6.45, 7) is -0.392. The molecule has 0 atom stereocenters. The predicted molar refractivity (Wildman–Crippen MR) is 64.4 cm³/mol. The number of nitrogens with two attached hydrogens (primary N) is 1. The molecule has 0 fully saturated rings. The maximum absolute atomic E-state index is 12.3. The number of nitrogen functional groups attached to an aromatic ring is 1. The molecule has 0 saturated heterocycles. The number of anilines is 1. The summed E-state index contributed by atoms with van der Waals surface area (Å²) in [5.74, 6) is -0.149. The second kappa shape index (κ2) is 5.25. The Labute approximate surface area is 101 Å². The first-order valence-electron chi connectivity index (χ1n) is 4.55. The van der Waals surface area contributed by atoms with Crippen LogP contribution in [0.1, 0.15) is 5.56 Å². The van der Waals surface area contributed by atoms with Crippen LogP contribution >= 0.6 is 15.9 Å². The van der Waals surface area contributed by atoms with Crippen molar-refractivity contribution >= 4 is 27.5 Å². The third-order valence-corrected chi connectivity index (χ3v) is 2.74. The molecule has 3 nitrogen and oxygen atoms in total. The first-order valence-corrected chi connectivity index (χ1v) is 5.35. The van der Waals surface area contributed by atoms with E-state index < -0.39 is 13.0 Å². The van der Waals surface area contributed by atoms with Crippen molar-refractivity contribution in [2.24, 2.45) is 5.73 Å². The van der Waals surface area contributed by atoms with E-state index in [1.54, 1.807) is 25.2 Å². The summed E-state index contributed by atoms with van der Waals surface area (Å²) in [4.78, 5) is 1.38. The highest BCUT2D eigenvalue weighted by Crippen LogP contribution is 2.27. The Kier molecular flexibility index (Phi) is 4.23. The van der Waals surface area contributed by atoms with Gasteiger partial charge in [-0.25, -0.2) is 8.78 Å². The Morgan fingerprint density at radius 2 is 2.19 bits per heavy atom. The second-order valence-corrected chi connectivity index (χ2v) is 4.17. The van der Waals surface area contributed by atoms with Gasteiger partial charge in [0.15, 0.2) is 0 Å². The van der Waals surface area contributed by atoms with Gasteiger partial charge in [0.25, 0.3) is 6.43 Å². The van der Waals surface area contributed by atoms with E-state index in [2.05, 4.69) is 15.9 Å². The summed E-state index contributed by atoms with van der Waals surface area (Å²) in [7, 11) is 1.54. The Balaban J connectivity index is 3.12. The minimum absolute atomic E-state index is 0.149. The Morgan fingerprint density at radius 1 is 1.56 bits per heavy atom. The van der Waals surface area contributed by atoms with Crippen LogP contribution in [0.2, 0.25) is 0 Å². The molecule has 0 radical (unpaired) electrons. The van der Waals surface area contributed by atoms with Crippen LogP contribution < -0.4 is 10.6 Å². The summed E-state index contributed by atoms with van der Waals surface area (Å²) in [6, 6.07) is 5.09. The average molecular weight is 292 g/mol. The van der Waals surface area contributed by atoms with Crippen molar-refractivity contribution in [1.82, 2.24) is 0 Å². The van der Waals surface area contributed by atoms with E-state index in [1.165, 1.54) is 4.90 Å². The van der Waals surface area contributed by atoms with Gasteiger partial charge in [0.05, 0.1) is 12.1 Å². The largest absolute Gasteiger partial charge is 0.384 e. The summed E-state index contributed by atoms with van der Waals surface area (Å²) in [6.07, 6.45) is -2.43. The fourth-order valence-electron chi connectivity index (χ4n) is 1.40. The standard InChI is InChI=1S/C10H12BrF2N3/c1-16(5-8(12)13)7-4-2-3-6(11)9(7)10(14)15/h2-4,8H,5H2,1H3,(H3,14,15). The van der Waals surface area contributed by atoms with E-state index in [9.17, 15) is 8.78 Å². The molecular formula is C10H12BrF2N3. The van der Waals surface area contributed by atoms with E-state index in [-0.39, 0.29) is 5.84 Å². The van der Waals surface area contributed by atoms with Crippen molar-refractivity contribution in [3.8, 4) is 0 Å². The Hall–Kier alpha value is -1.17. The van der Waals surface area contributed by atoms with Gasteiger partial charge in [-0.05, 0) is 28.1 Å². The van der Waals surface area contributed by atoms with Crippen molar-refractivity contribution in [2.75, 3.05) is 18.5 Å². The van der Waals surface area contributed by atoms with Gasteiger partial charge < -0.3 is 10.6 Å². The number of hydrogen-bond donors (Lipinski definition) is 2. The van der Waals surface area contributed by atoms with E-state index >= 15 is 0 Å². The van der Waals surface area contributed by atoms with Gasteiger partial charge in [-0.1, -0.05) is 6.07 Å². The molecule has 16 heavy (non-hydrogen) atoms. The molecular weight excluding hydrogens is 280 g/mol. The SMILES string of the molecule is CN(CC(F)F)c1cccc(Br)c1C(=N)N. The highest BCUT2D eigenvalue weighted by Gasteiger charge is 2.15. The number of benzene rings is 1. The number of nitrogens with one attached hydrogen (secondary N) is 1. The molecule has 0 saturated carbocycles. The van der Waals surface area contributed by atoms with Gasteiger partial charge in [-0.2, -0.15) is 0 Å². The molecule has 88 valence electrons. The first kappa shape index (κ1) is 12.9. The number of halogens is 3. The van der Waals surface area contributed by atoms with Crippen molar-refractivity contribution in [3.05, 3.63) is 28.2 Å². The third-order valence-electron chi connectivity index (χ3n) is 2.08. The van der Waals surface area contributed by atoms with E-state index in [0.717, 1.165) is 0 Å². The number of hydrogen-bond acceptors (Lipinski definition) is 2. The topological polar surface area (TPSA) is 53.1 Å². The van der Waals surface area contributed by atoms with Crippen LogP contribution in [0.15, 0.2) is 22.7 Å². The number of rotatable bonds is 4. The van der Waals surface area contributed by atoms with E-state index in [4.69, 9.17) is 11.1 Å². The molecule has 1 rings (SSSR count). The van der Waals surface area contributed by atoms with Gasteiger partial charge in [-0.15, -0.1) is 0 Å². The third kappa shape index (κ3) is 2.91. The van der Waals surface area contributed by atoms with Crippen molar-refractivity contribution in [2.45, 2.75) is 6.43 Å². The Bertz CT molecular complexity index is 396. The molecule has 0 amide bonds. The van der Waals surface area contributed by atoms with E-state index in [0.29, 0.717) is 15.7 Å².